The molecule has 0 radical (unpaired) electrons. The van der Waals surface area contributed by atoms with Crippen molar-refractivity contribution in [3.8, 4) is 0 Å². The summed E-state index contributed by atoms with van der Waals surface area (Å²) >= 11 is 1.40. The Morgan fingerprint density at radius 1 is 1.43 bits per heavy atom. The van der Waals surface area contributed by atoms with Gasteiger partial charge in [0.05, 0.1) is 0 Å². The predicted octanol–water partition coefficient (Wildman–Crippen LogP) is 3.39. The summed E-state index contributed by atoms with van der Waals surface area (Å²) in [6.07, 6.45) is 2.57. The second kappa shape index (κ2) is 4.29. The van der Waals surface area contributed by atoms with E-state index in [1.165, 1.54) is 16.9 Å². The lowest BCUT2D eigenvalue weighted by Crippen LogP contribution is -2.25. The van der Waals surface area contributed by atoms with Gasteiger partial charge in [-0.25, -0.2) is 0 Å². The lowest BCUT2D eigenvalue weighted by atomic mass is 10.1. The smallest absolute Gasteiger partial charge is 0.358 e. The van der Waals surface area contributed by atoms with Gasteiger partial charge in [0.2, 0.25) is 5.82 Å². The zero-order chi connectivity index (χ0) is 14.6. The van der Waals surface area contributed by atoms with Crippen molar-refractivity contribution < 1.29 is 4.92 Å². The summed E-state index contributed by atoms with van der Waals surface area (Å²) < 4.78 is 1.55. The first-order valence-corrected chi connectivity index (χ1v) is 7.52. The first-order valence-electron chi connectivity index (χ1n) is 6.64. The normalized spacial score (nSPS) is 17.4. The fourth-order valence-corrected chi connectivity index (χ4v) is 3.69. The van der Waals surface area contributed by atoms with Crippen LogP contribution >= 0.6 is 11.3 Å². The molecule has 3 heterocycles. The topological polar surface area (TPSA) is 63.7 Å². The lowest BCUT2D eigenvalue weighted by molar-refractivity contribution is -0.389. The van der Waals surface area contributed by atoms with Crippen LogP contribution in [0.4, 0.5) is 17.3 Å². The highest BCUT2D eigenvalue weighted by Crippen LogP contribution is 2.42. The predicted molar refractivity (Wildman–Crippen MR) is 81.5 cm³/mol. The summed E-state index contributed by atoms with van der Waals surface area (Å²) in [6.45, 7) is 2.07. The van der Waals surface area contributed by atoms with Crippen LogP contribution in [0.25, 0.3) is 4.96 Å². The van der Waals surface area contributed by atoms with Crippen LogP contribution in [0.3, 0.4) is 0 Å². The van der Waals surface area contributed by atoms with Crippen LogP contribution in [0.15, 0.2) is 35.8 Å². The maximum absolute atomic E-state index is 11.5. The minimum Gasteiger partial charge on any atom is -0.358 e. The number of benzene rings is 1. The second-order valence-corrected chi connectivity index (χ2v) is 6.00. The van der Waals surface area contributed by atoms with Crippen LogP contribution in [0.5, 0.6) is 0 Å². The molecular weight excluding hydrogens is 288 g/mol. The molecule has 0 fully saturated rings. The van der Waals surface area contributed by atoms with Gasteiger partial charge in [0.25, 0.3) is 4.96 Å². The van der Waals surface area contributed by atoms with Gasteiger partial charge < -0.3 is 15.0 Å². The number of imidazole rings is 1. The molecule has 0 amide bonds. The highest BCUT2D eigenvalue weighted by molar-refractivity contribution is 7.15. The minimum absolute atomic E-state index is 0.0369. The number of thiazole rings is 1. The van der Waals surface area contributed by atoms with Crippen LogP contribution in [0.2, 0.25) is 0 Å². The molecule has 3 aromatic rings. The van der Waals surface area contributed by atoms with Crippen LogP contribution in [-0.4, -0.2) is 20.3 Å². The van der Waals surface area contributed by atoms with Crippen LogP contribution in [0, 0.1) is 10.1 Å². The third-order valence-corrected chi connectivity index (χ3v) is 4.58. The molecule has 0 N–H and O–H groups in total. The van der Waals surface area contributed by atoms with Gasteiger partial charge in [-0.2, -0.15) is 9.38 Å². The van der Waals surface area contributed by atoms with E-state index in [1.54, 1.807) is 16.0 Å². The van der Waals surface area contributed by atoms with E-state index >= 15 is 0 Å². The van der Waals surface area contributed by atoms with Crippen molar-refractivity contribution in [2.24, 2.45) is 0 Å². The molecule has 0 bridgehead atoms. The molecule has 6 nitrogen and oxygen atoms in total. The number of anilines is 2. The molecule has 4 rings (SSSR count). The fourth-order valence-electron chi connectivity index (χ4n) is 2.98. The van der Waals surface area contributed by atoms with Gasteiger partial charge in [-0.15, -0.1) is 0 Å². The van der Waals surface area contributed by atoms with Gasteiger partial charge in [0.1, 0.15) is 6.20 Å². The minimum atomic E-state index is -0.351. The summed E-state index contributed by atoms with van der Waals surface area (Å²) in [4.78, 5) is 18.3. The average Bonchev–Trinajstić information content (AvgIpc) is 3.07. The highest BCUT2D eigenvalue weighted by Gasteiger charge is 2.35. The van der Waals surface area contributed by atoms with Gasteiger partial charge >= 0.3 is 5.82 Å². The molecule has 0 saturated carbocycles. The van der Waals surface area contributed by atoms with E-state index in [1.807, 2.05) is 23.1 Å². The summed E-state index contributed by atoms with van der Waals surface area (Å²) in [5, 5.41) is 13.3. The van der Waals surface area contributed by atoms with Crippen molar-refractivity contribution in [2.75, 3.05) is 4.90 Å². The second-order valence-electron chi connectivity index (χ2n) is 5.12. The van der Waals surface area contributed by atoms with Crippen molar-refractivity contribution in [3.63, 3.8) is 0 Å². The average molecular weight is 300 g/mol. The molecule has 1 atom stereocenters. The standard InChI is InChI=1S/C14H12N4O2S/c1-9-8-10-4-2-3-5-11(10)17(9)12-13(18(19)20)16-6-7-21-14(16)15-12/h2-7,9H,8H2,1H3. The fraction of sp³-hybridized carbons (Fsp3) is 0.214. The van der Waals surface area contributed by atoms with E-state index in [0.29, 0.717) is 10.8 Å². The monoisotopic (exact) mass is 300 g/mol. The Labute approximate surface area is 124 Å². The van der Waals surface area contributed by atoms with Gasteiger partial charge in [-0.1, -0.05) is 29.5 Å². The van der Waals surface area contributed by atoms with Crippen LogP contribution in [0.1, 0.15) is 12.5 Å². The Hall–Kier alpha value is -2.41. The van der Waals surface area contributed by atoms with Crippen molar-refractivity contribution in [3.05, 3.63) is 51.5 Å². The molecular formula is C14H12N4O2S. The van der Waals surface area contributed by atoms with Crippen LogP contribution < -0.4 is 4.90 Å². The van der Waals surface area contributed by atoms with E-state index in [4.69, 9.17) is 0 Å². The molecule has 1 aromatic carbocycles. The van der Waals surface area contributed by atoms with Crippen molar-refractivity contribution in [1.29, 1.82) is 0 Å². The Kier molecular flexibility index (Phi) is 2.52. The molecule has 0 aliphatic carbocycles. The molecule has 106 valence electrons. The third-order valence-electron chi connectivity index (χ3n) is 3.83. The number of nitrogens with zero attached hydrogens (tertiary/aromatic N) is 4. The van der Waals surface area contributed by atoms with E-state index in [0.717, 1.165) is 12.1 Å². The molecule has 21 heavy (non-hydrogen) atoms. The maximum Gasteiger partial charge on any atom is 0.373 e. The van der Waals surface area contributed by atoms with Crippen molar-refractivity contribution in [2.45, 2.75) is 19.4 Å². The molecule has 0 spiro atoms. The SMILES string of the molecule is CC1Cc2ccccc2N1c1nc2sccn2c1[N+](=O)[O-]. The Bertz CT molecular complexity index is 854. The van der Waals surface area contributed by atoms with Gasteiger partial charge in [0.15, 0.2) is 0 Å². The van der Waals surface area contributed by atoms with Crippen molar-refractivity contribution >= 4 is 33.6 Å². The van der Waals surface area contributed by atoms with E-state index in [9.17, 15) is 10.1 Å². The summed E-state index contributed by atoms with van der Waals surface area (Å²) in [6, 6.07) is 8.17. The Morgan fingerprint density at radius 2 is 2.24 bits per heavy atom. The lowest BCUT2D eigenvalue weighted by Gasteiger charge is -2.21. The largest absolute Gasteiger partial charge is 0.373 e. The van der Waals surface area contributed by atoms with E-state index in [2.05, 4.69) is 18.0 Å². The molecule has 2 aromatic heterocycles. The van der Waals surface area contributed by atoms with Gasteiger partial charge in [0, 0.05) is 17.1 Å². The first-order chi connectivity index (χ1) is 10.2. The molecule has 1 aliphatic heterocycles. The number of hydrogen-bond donors (Lipinski definition) is 0. The summed E-state index contributed by atoms with van der Waals surface area (Å²) in [5.74, 6) is 0.471. The van der Waals surface area contributed by atoms with E-state index < -0.39 is 0 Å². The molecule has 0 saturated heterocycles. The Balaban J connectivity index is 1.96. The number of para-hydroxylation sites is 1. The van der Waals surface area contributed by atoms with Gasteiger partial charge in [-0.05, 0) is 29.9 Å². The molecule has 1 unspecified atom stereocenters. The first kappa shape index (κ1) is 12.3. The number of aromatic nitrogens is 2. The summed E-state index contributed by atoms with van der Waals surface area (Å²) in [7, 11) is 0. The zero-order valence-corrected chi connectivity index (χ0v) is 12.1. The highest BCUT2D eigenvalue weighted by atomic mass is 32.1. The van der Waals surface area contributed by atoms with Crippen molar-refractivity contribution in [1.82, 2.24) is 9.38 Å². The number of fused-ring (bicyclic) bond motifs is 2. The van der Waals surface area contributed by atoms with Crippen LogP contribution in [-0.2, 0) is 6.42 Å². The molecule has 1 aliphatic rings. The number of nitro groups is 1. The molecule has 7 heteroatoms. The summed E-state index contributed by atoms with van der Waals surface area (Å²) in [5.41, 5.74) is 2.22. The number of rotatable bonds is 2. The van der Waals surface area contributed by atoms with E-state index in [-0.39, 0.29) is 16.8 Å². The maximum atomic E-state index is 11.5. The zero-order valence-electron chi connectivity index (χ0n) is 11.3. The number of hydrogen-bond acceptors (Lipinski definition) is 5. The van der Waals surface area contributed by atoms with Gasteiger partial charge in [-0.3, -0.25) is 0 Å². The Morgan fingerprint density at radius 3 is 3.05 bits per heavy atom. The third kappa shape index (κ3) is 1.67. The quantitative estimate of drug-likeness (QED) is 0.537.